The molecule has 186 valence electrons. The summed E-state index contributed by atoms with van der Waals surface area (Å²) in [4.78, 5) is 40.0. The Bertz CT molecular complexity index is 1270. The van der Waals surface area contributed by atoms with E-state index in [2.05, 4.69) is 15.0 Å². The molecule has 1 aliphatic rings. The first-order valence-corrected chi connectivity index (χ1v) is 11.3. The molecule has 1 saturated heterocycles. The number of likely N-dealkylation sites (tertiary alicyclic amines) is 1. The van der Waals surface area contributed by atoms with E-state index in [0.717, 1.165) is 12.3 Å². The van der Waals surface area contributed by atoms with Crippen LogP contribution in [0.15, 0.2) is 41.6 Å². The van der Waals surface area contributed by atoms with Crippen LogP contribution >= 0.6 is 0 Å². The number of nitrogens with zero attached hydrogens (tertiary/aromatic N) is 5. The van der Waals surface area contributed by atoms with Gasteiger partial charge < -0.3 is 9.64 Å². The van der Waals surface area contributed by atoms with E-state index >= 15 is 0 Å². The molecule has 3 aromatic heterocycles. The molecule has 4 rings (SSSR count). The lowest BCUT2D eigenvalue weighted by Gasteiger charge is -2.33. The number of alkyl halides is 3. The number of hydrogen-bond donors (Lipinski definition) is 0. The maximum Gasteiger partial charge on any atom is 0.417 e. The first kappa shape index (κ1) is 24.6. The zero-order valence-corrected chi connectivity index (χ0v) is 19.7. The van der Waals surface area contributed by atoms with E-state index in [1.54, 1.807) is 11.0 Å². The van der Waals surface area contributed by atoms with Crippen LogP contribution < -0.4 is 5.56 Å². The Labute approximate surface area is 199 Å². The van der Waals surface area contributed by atoms with Crippen molar-refractivity contribution in [3.63, 3.8) is 0 Å². The van der Waals surface area contributed by atoms with Crippen molar-refractivity contribution >= 4 is 17.3 Å². The number of halogens is 3. The third-order valence-corrected chi connectivity index (χ3v) is 5.80. The fourth-order valence-electron chi connectivity index (χ4n) is 4.10. The normalized spacial score (nSPS) is 15.4. The molecule has 3 aromatic rings. The summed E-state index contributed by atoms with van der Waals surface area (Å²) in [6.45, 7) is 6.26. The average molecular weight is 489 g/mol. The number of fused-ring (bicyclic) bond motifs is 1. The smallest absolute Gasteiger partial charge is 0.417 e. The van der Waals surface area contributed by atoms with E-state index in [1.807, 2.05) is 20.8 Å². The van der Waals surface area contributed by atoms with Crippen LogP contribution in [-0.4, -0.2) is 49.2 Å². The van der Waals surface area contributed by atoms with Gasteiger partial charge in [0.05, 0.1) is 17.8 Å². The number of pyridine rings is 2. The fourth-order valence-corrected chi connectivity index (χ4v) is 4.10. The van der Waals surface area contributed by atoms with Gasteiger partial charge >= 0.3 is 12.3 Å². The molecule has 0 bridgehead atoms. The summed E-state index contributed by atoms with van der Waals surface area (Å²) in [7, 11) is 0. The number of rotatable bonds is 3. The van der Waals surface area contributed by atoms with Crippen molar-refractivity contribution in [1.29, 1.82) is 0 Å². The maximum atomic E-state index is 13.5. The molecule has 0 atom stereocenters. The van der Waals surface area contributed by atoms with Gasteiger partial charge in [-0.1, -0.05) is 0 Å². The zero-order valence-electron chi connectivity index (χ0n) is 19.7. The van der Waals surface area contributed by atoms with E-state index in [0.29, 0.717) is 48.4 Å². The van der Waals surface area contributed by atoms with Crippen LogP contribution in [0.4, 0.5) is 18.0 Å². The van der Waals surface area contributed by atoms with Gasteiger partial charge in [-0.2, -0.15) is 13.2 Å². The topological polar surface area (TPSA) is 90.2 Å². The minimum absolute atomic E-state index is 0.0449. The molecule has 35 heavy (non-hydrogen) atoms. The number of ether oxygens (including phenoxy) is 1. The van der Waals surface area contributed by atoms with E-state index in [4.69, 9.17) is 4.74 Å². The summed E-state index contributed by atoms with van der Waals surface area (Å²) in [6.07, 6.45) is -0.0117. The van der Waals surface area contributed by atoms with Crippen molar-refractivity contribution in [3.05, 3.63) is 64.0 Å². The molecule has 0 radical (unpaired) electrons. The lowest BCUT2D eigenvalue weighted by Crippen LogP contribution is -2.42. The number of carbonyl (C=O) groups is 1. The van der Waals surface area contributed by atoms with E-state index < -0.39 is 17.3 Å². The average Bonchev–Trinajstić information content (AvgIpc) is 2.79. The summed E-state index contributed by atoms with van der Waals surface area (Å²) in [5.41, 5.74) is -0.0834. The van der Waals surface area contributed by atoms with E-state index in [-0.39, 0.29) is 24.1 Å². The van der Waals surface area contributed by atoms with Crippen LogP contribution in [0, 0.1) is 0 Å². The first-order valence-electron chi connectivity index (χ1n) is 11.3. The predicted molar refractivity (Wildman–Crippen MR) is 122 cm³/mol. The fraction of sp³-hybridized carbons (Fsp3) is 0.458. The standard InChI is InChI=1S/C24H26F3N5O3/c1-23(2,3)35-22(34)31-10-6-15(7-11-31)18-12-19-20(29-9-8-28-19)32(21(18)33)14-17-5-4-16(13-30-17)24(25,26)27/h4-5,8-9,12-13,15H,6-7,10-11,14H2,1-3H3. The lowest BCUT2D eigenvalue weighted by atomic mass is 9.90. The van der Waals surface area contributed by atoms with Crippen molar-refractivity contribution in [1.82, 2.24) is 24.4 Å². The summed E-state index contributed by atoms with van der Waals surface area (Å²) in [5.74, 6) is -0.112. The molecule has 0 aliphatic carbocycles. The van der Waals surface area contributed by atoms with Crippen molar-refractivity contribution in [2.75, 3.05) is 13.1 Å². The van der Waals surface area contributed by atoms with Gasteiger partial charge in [0.15, 0.2) is 5.65 Å². The highest BCUT2D eigenvalue weighted by molar-refractivity contribution is 5.71. The summed E-state index contributed by atoms with van der Waals surface area (Å²) in [6, 6.07) is 3.91. The molecular weight excluding hydrogens is 463 g/mol. The molecule has 11 heteroatoms. The molecule has 0 unspecified atom stereocenters. The minimum atomic E-state index is -4.49. The monoisotopic (exact) mass is 489 g/mol. The van der Waals surface area contributed by atoms with Crippen molar-refractivity contribution < 1.29 is 22.7 Å². The molecule has 8 nitrogen and oxygen atoms in total. The van der Waals surface area contributed by atoms with E-state index in [1.165, 1.54) is 23.0 Å². The Hall–Kier alpha value is -3.50. The molecule has 1 fully saturated rings. The SMILES string of the molecule is CC(C)(C)OC(=O)N1CCC(c2cc3nccnc3n(Cc3ccc(C(F)(F)F)cn3)c2=O)CC1. The van der Waals surface area contributed by atoms with Gasteiger partial charge in [0.1, 0.15) is 11.1 Å². The van der Waals surface area contributed by atoms with Gasteiger partial charge in [0.25, 0.3) is 5.56 Å². The summed E-state index contributed by atoms with van der Waals surface area (Å²) in [5, 5.41) is 0. The molecule has 0 N–H and O–H groups in total. The molecular formula is C24H26F3N5O3. The van der Waals surface area contributed by atoms with E-state index in [9.17, 15) is 22.8 Å². The molecule has 1 aliphatic heterocycles. The molecule has 0 aromatic carbocycles. The van der Waals surface area contributed by atoms with Crippen LogP contribution in [0.25, 0.3) is 11.2 Å². The van der Waals surface area contributed by atoms with Gasteiger partial charge in [-0.25, -0.2) is 9.78 Å². The highest BCUT2D eigenvalue weighted by Crippen LogP contribution is 2.30. The summed E-state index contributed by atoms with van der Waals surface area (Å²) < 4.78 is 45.5. The number of piperidine rings is 1. The Kier molecular flexibility index (Phi) is 6.52. The number of carbonyl (C=O) groups excluding carboxylic acids is 1. The molecule has 0 saturated carbocycles. The second-order valence-electron chi connectivity index (χ2n) is 9.53. The minimum Gasteiger partial charge on any atom is -0.444 e. The van der Waals surface area contributed by atoms with Crippen molar-refractivity contribution in [2.24, 2.45) is 0 Å². The number of aromatic nitrogens is 4. The van der Waals surface area contributed by atoms with Gasteiger partial charge in [-0.05, 0) is 57.7 Å². The van der Waals surface area contributed by atoms with Crippen molar-refractivity contribution in [2.45, 2.75) is 57.9 Å². The molecule has 4 heterocycles. The highest BCUT2D eigenvalue weighted by atomic mass is 19.4. The third-order valence-electron chi connectivity index (χ3n) is 5.80. The second-order valence-corrected chi connectivity index (χ2v) is 9.53. The first-order chi connectivity index (χ1) is 16.4. The second kappa shape index (κ2) is 9.27. The maximum absolute atomic E-state index is 13.5. The third kappa shape index (κ3) is 5.60. The van der Waals surface area contributed by atoms with Gasteiger partial charge in [0.2, 0.25) is 0 Å². The van der Waals surface area contributed by atoms with Gasteiger partial charge in [0, 0.05) is 37.2 Å². The van der Waals surface area contributed by atoms with Gasteiger partial charge in [-0.3, -0.25) is 19.3 Å². The van der Waals surface area contributed by atoms with Crippen LogP contribution in [0.2, 0.25) is 0 Å². The lowest BCUT2D eigenvalue weighted by molar-refractivity contribution is -0.137. The Balaban J connectivity index is 1.61. The number of amides is 1. The predicted octanol–water partition coefficient (Wildman–Crippen LogP) is 4.37. The van der Waals surface area contributed by atoms with Crippen LogP contribution in [0.5, 0.6) is 0 Å². The Morgan fingerprint density at radius 3 is 2.37 bits per heavy atom. The van der Waals surface area contributed by atoms with Crippen molar-refractivity contribution in [3.8, 4) is 0 Å². The van der Waals surface area contributed by atoms with Gasteiger partial charge in [-0.15, -0.1) is 0 Å². The largest absolute Gasteiger partial charge is 0.444 e. The quantitative estimate of drug-likeness (QED) is 0.543. The van der Waals surface area contributed by atoms with Crippen LogP contribution in [-0.2, 0) is 17.5 Å². The summed E-state index contributed by atoms with van der Waals surface area (Å²) >= 11 is 0. The van der Waals surface area contributed by atoms with Crippen LogP contribution in [0.1, 0.15) is 56.4 Å². The Morgan fingerprint density at radius 2 is 1.77 bits per heavy atom. The highest BCUT2D eigenvalue weighted by Gasteiger charge is 2.31. The molecule has 1 amide bonds. The zero-order chi connectivity index (χ0) is 25.4. The van der Waals surface area contributed by atoms with Crippen LogP contribution in [0.3, 0.4) is 0 Å². The number of hydrogen-bond acceptors (Lipinski definition) is 6. The molecule has 0 spiro atoms. The Morgan fingerprint density at radius 1 is 1.09 bits per heavy atom.